The Morgan fingerprint density at radius 3 is 2.44 bits per heavy atom. The molecule has 0 heterocycles. The Hall–Kier alpha value is -1.06. The second-order valence-electron chi connectivity index (χ2n) is 5.90. The van der Waals surface area contributed by atoms with Gasteiger partial charge in [0.25, 0.3) is 0 Å². The molecule has 0 spiro atoms. The lowest BCUT2D eigenvalue weighted by Gasteiger charge is -2.25. The molecule has 0 aromatic rings. The standard InChI is InChI=1S/C14H25NO3/c1-10(2)6-12(8-14(17)18)9-15-13(16)7-11-4-3-5-11/h10-12H,3-9H2,1-2H3,(H,15,16)(H,17,18). The van der Waals surface area contributed by atoms with Gasteiger partial charge in [0.05, 0.1) is 0 Å². The maximum absolute atomic E-state index is 11.7. The second-order valence-corrected chi connectivity index (χ2v) is 5.90. The Labute approximate surface area is 109 Å². The first-order chi connectivity index (χ1) is 8.47. The molecule has 1 unspecified atom stereocenters. The highest BCUT2D eigenvalue weighted by atomic mass is 16.4. The van der Waals surface area contributed by atoms with Crippen molar-refractivity contribution in [1.29, 1.82) is 0 Å². The summed E-state index contributed by atoms with van der Waals surface area (Å²) in [4.78, 5) is 22.4. The number of amides is 1. The van der Waals surface area contributed by atoms with Crippen LogP contribution in [0.15, 0.2) is 0 Å². The van der Waals surface area contributed by atoms with Crippen molar-refractivity contribution in [3.63, 3.8) is 0 Å². The van der Waals surface area contributed by atoms with Gasteiger partial charge in [0, 0.05) is 19.4 Å². The number of rotatable bonds is 8. The molecule has 0 saturated heterocycles. The van der Waals surface area contributed by atoms with Crippen LogP contribution in [0.1, 0.15) is 52.4 Å². The fraction of sp³-hybridized carbons (Fsp3) is 0.857. The summed E-state index contributed by atoms with van der Waals surface area (Å²) in [6.07, 6.45) is 5.17. The van der Waals surface area contributed by atoms with E-state index in [2.05, 4.69) is 19.2 Å². The highest BCUT2D eigenvalue weighted by Crippen LogP contribution is 2.29. The maximum atomic E-state index is 11.7. The zero-order valence-corrected chi connectivity index (χ0v) is 11.4. The third-order valence-corrected chi connectivity index (χ3v) is 3.55. The predicted molar refractivity (Wildman–Crippen MR) is 70.2 cm³/mol. The second kappa shape index (κ2) is 7.39. The van der Waals surface area contributed by atoms with E-state index in [1.807, 2.05) is 0 Å². The minimum atomic E-state index is -0.783. The van der Waals surface area contributed by atoms with Gasteiger partial charge in [-0.25, -0.2) is 0 Å². The minimum Gasteiger partial charge on any atom is -0.481 e. The molecule has 1 aliphatic carbocycles. The Morgan fingerprint density at radius 2 is 2.00 bits per heavy atom. The van der Waals surface area contributed by atoms with E-state index < -0.39 is 5.97 Å². The maximum Gasteiger partial charge on any atom is 0.303 e. The quantitative estimate of drug-likeness (QED) is 0.700. The van der Waals surface area contributed by atoms with E-state index in [4.69, 9.17) is 5.11 Å². The van der Waals surface area contributed by atoms with E-state index in [1.165, 1.54) is 6.42 Å². The topological polar surface area (TPSA) is 66.4 Å². The molecule has 2 N–H and O–H groups in total. The van der Waals surface area contributed by atoms with E-state index >= 15 is 0 Å². The molecule has 0 aromatic heterocycles. The van der Waals surface area contributed by atoms with Crippen LogP contribution < -0.4 is 5.32 Å². The zero-order valence-electron chi connectivity index (χ0n) is 11.4. The van der Waals surface area contributed by atoms with Gasteiger partial charge in [0.2, 0.25) is 5.91 Å². The fourth-order valence-corrected chi connectivity index (χ4v) is 2.44. The van der Waals surface area contributed by atoms with Gasteiger partial charge in [0.15, 0.2) is 0 Å². The molecule has 1 rings (SSSR count). The molecule has 0 radical (unpaired) electrons. The van der Waals surface area contributed by atoms with Crippen molar-refractivity contribution in [3.05, 3.63) is 0 Å². The van der Waals surface area contributed by atoms with Crippen LogP contribution in [0.3, 0.4) is 0 Å². The van der Waals surface area contributed by atoms with Crippen LogP contribution in [-0.4, -0.2) is 23.5 Å². The lowest BCUT2D eigenvalue weighted by Crippen LogP contribution is -2.33. The Kier molecular flexibility index (Phi) is 6.16. The van der Waals surface area contributed by atoms with Crippen molar-refractivity contribution in [3.8, 4) is 0 Å². The van der Waals surface area contributed by atoms with Gasteiger partial charge in [-0.3, -0.25) is 9.59 Å². The van der Waals surface area contributed by atoms with Crippen LogP contribution in [0.5, 0.6) is 0 Å². The van der Waals surface area contributed by atoms with E-state index in [1.54, 1.807) is 0 Å². The van der Waals surface area contributed by atoms with Crippen LogP contribution in [0.25, 0.3) is 0 Å². The van der Waals surface area contributed by atoms with Crippen LogP contribution in [0.4, 0.5) is 0 Å². The van der Waals surface area contributed by atoms with Gasteiger partial charge >= 0.3 is 5.97 Å². The summed E-state index contributed by atoms with van der Waals surface area (Å²) in [6, 6.07) is 0. The number of carbonyl (C=O) groups is 2. The molecule has 0 aromatic carbocycles. The molecule has 18 heavy (non-hydrogen) atoms. The normalized spacial score (nSPS) is 17.3. The molecule has 4 heteroatoms. The average molecular weight is 255 g/mol. The Morgan fingerprint density at radius 1 is 1.33 bits per heavy atom. The number of carboxylic acids is 1. The van der Waals surface area contributed by atoms with Gasteiger partial charge < -0.3 is 10.4 Å². The first-order valence-corrected chi connectivity index (χ1v) is 6.95. The smallest absolute Gasteiger partial charge is 0.303 e. The van der Waals surface area contributed by atoms with Crippen LogP contribution >= 0.6 is 0 Å². The van der Waals surface area contributed by atoms with Gasteiger partial charge in [-0.1, -0.05) is 20.3 Å². The lowest BCUT2D eigenvalue weighted by molar-refractivity contribution is -0.138. The van der Waals surface area contributed by atoms with Crippen molar-refractivity contribution in [2.75, 3.05) is 6.54 Å². The summed E-state index contributed by atoms with van der Waals surface area (Å²) >= 11 is 0. The summed E-state index contributed by atoms with van der Waals surface area (Å²) in [5.41, 5.74) is 0. The molecule has 1 saturated carbocycles. The Bertz CT molecular complexity index is 285. The number of hydrogen-bond acceptors (Lipinski definition) is 2. The molecular formula is C14H25NO3. The molecule has 104 valence electrons. The van der Waals surface area contributed by atoms with Crippen molar-refractivity contribution in [2.45, 2.75) is 52.4 Å². The number of aliphatic carboxylic acids is 1. The highest BCUT2D eigenvalue weighted by Gasteiger charge is 2.21. The first kappa shape index (κ1) is 15.0. The predicted octanol–water partition coefficient (Wildman–Crippen LogP) is 2.43. The number of carboxylic acid groups (broad SMARTS) is 1. The van der Waals surface area contributed by atoms with Crippen molar-refractivity contribution < 1.29 is 14.7 Å². The largest absolute Gasteiger partial charge is 0.481 e. The number of nitrogens with one attached hydrogen (secondary N) is 1. The fourth-order valence-electron chi connectivity index (χ4n) is 2.44. The SMILES string of the molecule is CC(C)CC(CNC(=O)CC1CCC1)CC(=O)O. The van der Waals surface area contributed by atoms with Crippen molar-refractivity contribution in [1.82, 2.24) is 5.32 Å². The van der Waals surface area contributed by atoms with Gasteiger partial charge in [-0.05, 0) is 37.0 Å². The molecule has 4 nitrogen and oxygen atoms in total. The third-order valence-electron chi connectivity index (χ3n) is 3.55. The van der Waals surface area contributed by atoms with Crippen LogP contribution in [0.2, 0.25) is 0 Å². The summed E-state index contributed by atoms with van der Waals surface area (Å²) < 4.78 is 0. The summed E-state index contributed by atoms with van der Waals surface area (Å²) in [6.45, 7) is 4.64. The Balaban J connectivity index is 2.25. The van der Waals surface area contributed by atoms with E-state index in [0.29, 0.717) is 24.8 Å². The first-order valence-electron chi connectivity index (χ1n) is 6.95. The molecular weight excluding hydrogens is 230 g/mol. The molecule has 1 amide bonds. The summed E-state index contributed by atoms with van der Waals surface area (Å²) in [7, 11) is 0. The molecule has 0 bridgehead atoms. The summed E-state index contributed by atoms with van der Waals surface area (Å²) in [5, 5.41) is 11.7. The highest BCUT2D eigenvalue weighted by molar-refractivity contribution is 5.76. The van der Waals surface area contributed by atoms with Crippen LogP contribution in [-0.2, 0) is 9.59 Å². The monoisotopic (exact) mass is 255 g/mol. The van der Waals surface area contributed by atoms with E-state index in [0.717, 1.165) is 19.3 Å². The lowest BCUT2D eigenvalue weighted by atomic mass is 9.83. The molecule has 0 aliphatic heterocycles. The van der Waals surface area contributed by atoms with E-state index in [9.17, 15) is 9.59 Å². The van der Waals surface area contributed by atoms with Crippen LogP contribution in [0, 0.1) is 17.8 Å². The van der Waals surface area contributed by atoms with Crippen molar-refractivity contribution in [2.24, 2.45) is 17.8 Å². The van der Waals surface area contributed by atoms with Gasteiger partial charge in [-0.2, -0.15) is 0 Å². The number of hydrogen-bond donors (Lipinski definition) is 2. The third kappa shape index (κ3) is 6.03. The average Bonchev–Trinajstić information content (AvgIpc) is 2.18. The molecule has 1 atom stereocenters. The summed E-state index contributed by atoms with van der Waals surface area (Å²) in [5.74, 6) is 0.367. The minimum absolute atomic E-state index is 0.0489. The van der Waals surface area contributed by atoms with Gasteiger partial charge in [0.1, 0.15) is 0 Å². The van der Waals surface area contributed by atoms with Crippen molar-refractivity contribution >= 4 is 11.9 Å². The molecule has 1 fully saturated rings. The van der Waals surface area contributed by atoms with Gasteiger partial charge in [-0.15, -0.1) is 0 Å². The number of carbonyl (C=O) groups excluding carboxylic acids is 1. The molecule has 1 aliphatic rings. The zero-order chi connectivity index (χ0) is 13.5. The van der Waals surface area contributed by atoms with E-state index in [-0.39, 0.29) is 18.2 Å².